The van der Waals surface area contributed by atoms with Gasteiger partial charge in [0.25, 0.3) is 6.08 Å². The van der Waals surface area contributed by atoms with Crippen molar-refractivity contribution in [3.63, 3.8) is 0 Å². The highest BCUT2D eigenvalue weighted by molar-refractivity contribution is 4.87. The summed E-state index contributed by atoms with van der Waals surface area (Å²) in [5, 5.41) is 0. The van der Waals surface area contributed by atoms with E-state index in [2.05, 4.69) is 12.7 Å². The summed E-state index contributed by atoms with van der Waals surface area (Å²) in [7, 11) is 0. The monoisotopic (exact) mass is 518 g/mol. The van der Waals surface area contributed by atoms with Crippen LogP contribution in [0, 0.1) is 41.4 Å². The third kappa shape index (κ3) is 9.77. The second-order valence-corrected chi connectivity index (χ2v) is 13.5. The molecular weight excluding hydrogens is 462 g/mol. The van der Waals surface area contributed by atoms with Gasteiger partial charge in [0.15, 0.2) is 0 Å². The van der Waals surface area contributed by atoms with Crippen LogP contribution in [0.25, 0.3) is 0 Å². The summed E-state index contributed by atoms with van der Waals surface area (Å²) >= 11 is 0. The molecular formula is C34H56F2O. The molecule has 0 spiro atoms. The van der Waals surface area contributed by atoms with Crippen LogP contribution < -0.4 is 0 Å². The molecule has 0 N–H and O–H groups in total. The third-order valence-corrected chi connectivity index (χ3v) is 11.2. The molecule has 4 fully saturated rings. The highest BCUT2D eigenvalue weighted by atomic mass is 19.3. The fraction of sp³-hybridized carbons (Fsp3) is 0.882. The Morgan fingerprint density at radius 2 is 1.14 bits per heavy atom. The van der Waals surface area contributed by atoms with E-state index in [1.165, 1.54) is 116 Å². The molecule has 1 heterocycles. The summed E-state index contributed by atoms with van der Waals surface area (Å²) in [5.41, 5.74) is 0. The average Bonchev–Trinajstić information content (AvgIpc) is 2.94. The summed E-state index contributed by atoms with van der Waals surface area (Å²) in [4.78, 5) is 0. The Morgan fingerprint density at radius 1 is 0.622 bits per heavy atom. The lowest BCUT2D eigenvalue weighted by Gasteiger charge is -2.41. The molecule has 37 heavy (non-hydrogen) atoms. The Morgan fingerprint density at radius 3 is 1.70 bits per heavy atom. The fourth-order valence-electron chi connectivity index (χ4n) is 8.60. The van der Waals surface area contributed by atoms with E-state index in [1.54, 1.807) is 0 Å². The molecule has 212 valence electrons. The smallest absolute Gasteiger partial charge is 0.266 e. The maximum atomic E-state index is 12.2. The van der Waals surface area contributed by atoms with E-state index in [1.807, 2.05) is 0 Å². The Bertz CT molecular complexity index is 653. The number of ether oxygens (including phenoxy) is 1. The van der Waals surface area contributed by atoms with E-state index in [-0.39, 0.29) is 0 Å². The van der Waals surface area contributed by atoms with Gasteiger partial charge in [0.2, 0.25) is 0 Å². The first-order valence-corrected chi connectivity index (χ1v) is 16.4. The topological polar surface area (TPSA) is 9.23 Å². The molecule has 1 nitrogen and oxygen atoms in total. The van der Waals surface area contributed by atoms with E-state index < -0.39 is 6.08 Å². The summed E-state index contributed by atoms with van der Waals surface area (Å²) in [6, 6.07) is 0. The summed E-state index contributed by atoms with van der Waals surface area (Å²) in [6.45, 7) is 5.00. The van der Waals surface area contributed by atoms with Crippen LogP contribution in [-0.4, -0.2) is 12.7 Å². The molecule has 0 radical (unpaired) electrons. The molecule has 3 heteroatoms. The number of rotatable bonds is 12. The molecule has 4 aliphatic rings. The molecule has 4 rings (SSSR count). The second-order valence-electron chi connectivity index (χ2n) is 13.5. The zero-order valence-corrected chi connectivity index (χ0v) is 23.7. The first kappa shape index (κ1) is 29.3. The lowest BCUT2D eigenvalue weighted by atomic mass is 9.66. The summed E-state index contributed by atoms with van der Waals surface area (Å²) < 4.78 is 30.8. The predicted octanol–water partition coefficient (Wildman–Crippen LogP) is 10.9. The number of hydrogen-bond acceptors (Lipinski definition) is 1. The first-order chi connectivity index (χ1) is 18.1. The average molecular weight is 519 g/mol. The fourth-order valence-corrected chi connectivity index (χ4v) is 8.60. The highest BCUT2D eigenvalue weighted by Gasteiger charge is 2.35. The van der Waals surface area contributed by atoms with Gasteiger partial charge in [-0.25, -0.2) is 0 Å². The number of allylic oxidation sites excluding steroid dienone is 2. The van der Waals surface area contributed by atoms with Crippen molar-refractivity contribution >= 4 is 0 Å². The largest absolute Gasteiger partial charge is 0.378 e. The Hall–Kier alpha value is -0.700. The third-order valence-electron chi connectivity index (χ3n) is 11.2. The molecule has 0 aromatic heterocycles. The molecule has 1 aliphatic heterocycles. The van der Waals surface area contributed by atoms with Crippen molar-refractivity contribution in [2.75, 3.05) is 6.61 Å². The zero-order valence-electron chi connectivity index (χ0n) is 23.7. The number of unbranched alkanes of at least 4 members (excludes halogenated alkanes) is 2. The van der Waals surface area contributed by atoms with Gasteiger partial charge in [0.05, 0.1) is 12.7 Å². The molecule has 3 aliphatic carbocycles. The van der Waals surface area contributed by atoms with Gasteiger partial charge in [-0.1, -0.05) is 44.6 Å². The highest BCUT2D eigenvalue weighted by Crippen LogP contribution is 2.45. The van der Waals surface area contributed by atoms with Gasteiger partial charge in [-0.3, -0.25) is 0 Å². The predicted molar refractivity (Wildman–Crippen MR) is 152 cm³/mol. The molecule has 0 aromatic rings. The molecule has 2 unspecified atom stereocenters. The van der Waals surface area contributed by atoms with Gasteiger partial charge in [0, 0.05) is 0 Å². The van der Waals surface area contributed by atoms with Crippen molar-refractivity contribution < 1.29 is 13.5 Å². The maximum absolute atomic E-state index is 12.2. The van der Waals surface area contributed by atoms with Crippen LogP contribution >= 0.6 is 0 Å². The van der Waals surface area contributed by atoms with E-state index >= 15 is 0 Å². The number of halogens is 2. The molecule has 0 amide bonds. The lowest BCUT2D eigenvalue weighted by molar-refractivity contribution is -0.0445. The van der Waals surface area contributed by atoms with Crippen LogP contribution in [0.2, 0.25) is 0 Å². The van der Waals surface area contributed by atoms with Gasteiger partial charge in [-0.05, 0) is 144 Å². The lowest BCUT2D eigenvalue weighted by Crippen LogP contribution is -2.34. The van der Waals surface area contributed by atoms with Gasteiger partial charge in [0.1, 0.15) is 0 Å². The van der Waals surface area contributed by atoms with E-state index in [9.17, 15) is 8.78 Å². The van der Waals surface area contributed by atoms with Crippen molar-refractivity contribution in [2.24, 2.45) is 41.4 Å². The molecule has 0 bridgehead atoms. The van der Waals surface area contributed by atoms with Crippen LogP contribution in [0.3, 0.4) is 0 Å². The van der Waals surface area contributed by atoms with Crippen LogP contribution in [-0.2, 0) is 4.74 Å². The van der Waals surface area contributed by atoms with Crippen molar-refractivity contribution in [3.05, 3.63) is 24.8 Å². The maximum Gasteiger partial charge on any atom is 0.266 e. The Balaban J connectivity index is 1.02. The van der Waals surface area contributed by atoms with Crippen LogP contribution in [0.1, 0.15) is 135 Å². The van der Waals surface area contributed by atoms with Crippen molar-refractivity contribution in [1.29, 1.82) is 0 Å². The first-order valence-electron chi connectivity index (χ1n) is 16.4. The number of hydrogen-bond donors (Lipinski definition) is 0. The minimum absolute atomic E-state index is 0.534. The zero-order chi connectivity index (χ0) is 25.9. The van der Waals surface area contributed by atoms with Crippen LogP contribution in [0.4, 0.5) is 8.78 Å². The Labute approximate surface area is 227 Å². The summed E-state index contributed by atoms with van der Waals surface area (Å²) in [5.74, 6) is 6.15. The second kappa shape index (κ2) is 15.8. The van der Waals surface area contributed by atoms with Crippen molar-refractivity contribution in [1.82, 2.24) is 0 Å². The van der Waals surface area contributed by atoms with Crippen LogP contribution in [0.5, 0.6) is 0 Å². The summed E-state index contributed by atoms with van der Waals surface area (Å²) in [6.07, 6.45) is 29.9. The SMILES string of the molecule is C=CC1CCC(CCCCC2CCC(C3CCC(C4CCC(CCCC=C(F)F)CC4)CC3)CO2)CC1. The molecule has 3 saturated carbocycles. The van der Waals surface area contributed by atoms with Gasteiger partial charge in [-0.15, -0.1) is 6.58 Å². The Kier molecular flexibility index (Phi) is 12.5. The minimum atomic E-state index is -1.51. The molecule has 0 aromatic carbocycles. The van der Waals surface area contributed by atoms with Gasteiger partial charge in [-0.2, -0.15) is 8.78 Å². The van der Waals surface area contributed by atoms with E-state index in [0.29, 0.717) is 12.5 Å². The van der Waals surface area contributed by atoms with Gasteiger partial charge < -0.3 is 4.74 Å². The molecule has 1 saturated heterocycles. The van der Waals surface area contributed by atoms with Crippen molar-refractivity contribution in [2.45, 2.75) is 141 Å². The van der Waals surface area contributed by atoms with E-state index in [0.717, 1.165) is 66.9 Å². The van der Waals surface area contributed by atoms with Gasteiger partial charge >= 0.3 is 0 Å². The van der Waals surface area contributed by atoms with Crippen LogP contribution in [0.15, 0.2) is 24.8 Å². The molecule has 2 atom stereocenters. The van der Waals surface area contributed by atoms with E-state index in [4.69, 9.17) is 4.74 Å². The normalized spacial score (nSPS) is 37.1. The quantitative estimate of drug-likeness (QED) is 0.184. The van der Waals surface area contributed by atoms with Crippen molar-refractivity contribution in [3.8, 4) is 0 Å². The minimum Gasteiger partial charge on any atom is -0.378 e. The standard InChI is InChI=1S/C34H56F2O/c1-2-26-11-13-27(14-12-26)7-3-5-9-33-24-23-32(25-37-33)31-21-19-30(20-22-31)29-17-15-28(16-18-29)8-4-6-10-34(35)36/h2,10,26-33H,1,3-9,11-25H2.